The number of hydrogen-bond donors (Lipinski definition) is 2. The van der Waals surface area contributed by atoms with Gasteiger partial charge in [0.25, 0.3) is 0 Å². The van der Waals surface area contributed by atoms with Crippen LogP contribution in [0.2, 0.25) is 0 Å². The minimum absolute atomic E-state index is 0.0940. The van der Waals surface area contributed by atoms with Crippen molar-refractivity contribution in [3.8, 4) is 5.88 Å². The fourth-order valence-electron chi connectivity index (χ4n) is 2.31. The van der Waals surface area contributed by atoms with Crippen molar-refractivity contribution in [2.75, 3.05) is 13.1 Å². The maximum atomic E-state index is 6.11. The highest BCUT2D eigenvalue weighted by Crippen LogP contribution is 2.29. The molecule has 4 nitrogen and oxygen atoms in total. The minimum Gasteiger partial charge on any atom is -0.470 e. The number of benzene rings is 1. The van der Waals surface area contributed by atoms with Gasteiger partial charge in [-0.15, -0.1) is 5.10 Å². The molecule has 90 valence electrons. The largest absolute Gasteiger partial charge is 0.470 e. The van der Waals surface area contributed by atoms with Crippen LogP contribution in [0, 0.1) is 0 Å². The van der Waals surface area contributed by atoms with Gasteiger partial charge in [0.15, 0.2) is 0 Å². The van der Waals surface area contributed by atoms with E-state index in [9.17, 15) is 0 Å². The van der Waals surface area contributed by atoms with Gasteiger partial charge < -0.3 is 10.1 Å². The minimum atomic E-state index is -0.0940. The number of nitrogens with zero attached hydrogens (tertiary/aromatic N) is 1. The van der Waals surface area contributed by atoms with Crippen molar-refractivity contribution >= 4 is 10.9 Å². The third-order valence-corrected chi connectivity index (χ3v) is 3.44. The highest BCUT2D eigenvalue weighted by Gasteiger charge is 2.29. The Morgan fingerprint density at radius 3 is 2.82 bits per heavy atom. The molecule has 2 N–H and O–H groups in total. The van der Waals surface area contributed by atoms with Crippen LogP contribution in [0.3, 0.4) is 0 Å². The molecule has 0 atom stereocenters. The summed E-state index contributed by atoms with van der Waals surface area (Å²) in [5, 5.41) is 11.7. The summed E-state index contributed by atoms with van der Waals surface area (Å²) in [5.74, 6) is 0.727. The highest BCUT2D eigenvalue weighted by molar-refractivity contribution is 5.83. The SMILES string of the molecule is CC1(Oc2n[nH]c3ccccc23)CCNCC1. The zero-order valence-electron chi connectivity index (χ0n) is 9.99. The predicted molar refractivity (Wildman–Crippen MR) is 67.2 cm³/mol. The number of piperidine rings is 1. The number of fused-ring (bicyclic) bond motifs is 1. The summed E-state index contributed by atoms with van der Waals surface area (Å²) < 4.78 is 6.11. The molecule has 1 saturated heterocycles. The summed E-state index contributed by atoms with van der Waals surface area (Å²) in [6.45, 7) is 4.19. The van der Waals surface area contributed by atoms with E-state index < -0.39 is 0 Å². The van der Waals surface area contributed by atoms with Crippen LogP contribution in [0.15, 0.2) is 24.3 Å². The van der Waals surface area contributed by atoms with E-state index in [2.05, 4.69) is 22.4 Å². The number of nitrogens with one attached hydrogen (secondary N) is 2. The van der Waals surface area contributed by atoms with Crippen LogP contribution < -0.4 is 10.1 Å². The van der Waals surface area contributed by atoms with Crippen LogP contribution in [0.4, 0.5) is 0 Å². The average Bonchev–Trinajstić information content (AvgIpc) is 2.73. The first kappa shape index (κ1) is 10.6. The molecular formula is C13H17N3O. The molecule has 4 heteroatoms. The Kier molecular flexibility index (Phi) is 2.52. The molecule has 3 rings (SSSR count). The van der Waals surface area contributed by atoms with Crippen molar-refractivity contribution in [3.05, 3.63) is 24.3 Å². The lowest BCUT2D eigenvalue weighted by Crippen LogP contribution is -2.43. The van der Waals surface area contributed by atoms with Crippen molar-refractivity contribution in [3.63, 3.8) is 0 Å². The summed E-state index contributed by atoms with van der Waals surface area (Å²) in [5.41, 5.74) is 0.934. The summed E-state index contributed by atoms with van der Waals surface area (Å²) in [6, 6.07) is 8.06. The Labute approximate surface area is 100 Å². The van der Waals surface area contributed by atoms with Gasteiger partial charge in [0.05, 0.1) is 10.9 Å². The zero-order valence-corrected chi connectivity index (χ0v) is 9.99. The average molecular weight is 231 g/mol. The molecule has 1 aliphatic rings. The first-order valence-electron chi connectivity index (χ1n) is 6.10. The zero-order chi connectivity index (χ0) is 11.7. The van der Waals surface area contributed by atoms with E-state index in [1.165, 1.54) is 0 Å². The molecule has 0 amide bonds. The molecule has 0 radical (unpaired) electrons. The van der Waals surface area contributed by atoms with Crippen LogP contribution in [-0.2, 0) is 0 Å². The quantitative estimate of drug-likeness (QED) is 0.832. The number of para-hydroxylation sites is 1. The van der Waals surface area contributed by atoms with Gasteiger partial charge in [0.1, 0.15) is 5.60 Å². The molecule has 0 unspecified atom stereocenters. The lowest BCUT2D eigenvalue weighted by atomic mass is 9.94. The number of rotatable bonds is 2. The molecule has 17 heavy (non-hydrogen) atoms. The Hall–Kier alpha value is -1.55. The number of hydrogen-bond acceptors (Lipinski definition) is 3. The predicted octanol–water partition coefficient (Wildman–Crippen LogP) is 2.08. The number of ether oxygens (including phenoxy) is 1. The van der Waals surface area contributed by atoms with E-state index in [0.717, 1.165) is 42.7 Å². The van der Waals surface area contributed by atoms with Gasteiger partial charge in [0.2, 0.25) is 5.88 Å². The van der Waals surface area contributed by atoms with E-state index in [4.69, 9.17) is 4.74 Å². The molecule has 1 aromatic carbocycles. The van der Waals surface area contributed by atoms with Crippen LogP contribution in [0.25, 0.3) is 10.9 Å². The van der Waals surface area contributed by atoms with Gasteiger partial charge in [-0.1, -0.05) is 12.1 Å². The van der Waals surface area contributed by atoms with Crippen molar-refractivity contribution in [1.82, 2.24) is 15.5 Å². The molecule has 0 saturated carbocycles. The molecule has 0 aliphatic carbocycles. The molecule has 0 spiro atoms. The molecule has 1 aromatic heterocycles. The highest BCUT2D eigenvalue weighted by atomic mass is 16.5. The van der Waals surface area contributed by atoms with Gasteiger partial charge in [-0.2, -0.15) is 0 Å². The Balaban J connectivity index is 1.89. The van der Waals surface area contributed by atoms with Gasteiger partial charge in [0, 0.05) is 0 Å². The Morgan fingerprint density at radius 1 is 1.24 bits per heavy atom. The lowest BCUT2D eigenvalue weighted by Gasteiger charge is -2.33. The molecule has 2 aromatic rings. The maximum absolute atomic E-state index is 6.11. The first-order chi connectivity index (χ1) is 8.27. The van der Waals surface area contributed by atoms with Crippen LogP contribution in [0.5, 0.6) is 5.88 Å². The van der Waals surface area contributed by atoms with Crippen LogP contribution in [0.1, 0.15) is 19.8 Å². The molecule has 1 aliphatic heterocycles. The third kappa shape index (κ3) is 2.00. The topological polar surface area (TPSA) is 49.9 Å². The summed E-state index contributed by atoms with van der Waals surface area (Å²) in [6.07, 6.45) is 2.04. The van der Waals surface area contributed by atoms with Crippen molar-refractivity contribution < 1.29 is 4.74 Å². The van der Waals surface area contributed by atoms with Gasteiger partial charge in [-0.25, -0.2) is 0 Å². The number of H-pyrrole nitrogens is 1. The number of aromatic nitrogens is 2. The molecule has 1 fully saturated rings. The van der Waals surface area contributed by atoms with E-state index >= 15 is 0 Å². The van der Waals surface area contributed by atoms with Crippen molar-refractivity contribution in [2.45, 2.75) is 25.4 Å². The fourth-order valence-corrected chi connectivity index (χ4v) is 2.31. The van der Waals surface area contributed by atoms with Crippen molar-refractivity contribution in [1.29, 1.82) is 0 Å². The normalized spacial score (nSPS) is 19.4. The van der Waals surface area contributed by atoms with Gasteiger partial charge in [-0.3, -0.25) is 5.10 Å². The van der Waals surface area contributed by atoms with Gasteiger partial charge in [-0.05, 0) is 45.0 Å². The Morgan fingerprint density at radius 2 is 2.00 bits per heavy atom. The Bertz CT molecular complexity index is 514. The van der Waals surface area contributed by atoms with Crippen LogP contribution in [-0.4, -0.2) is 28.9 Å². The fraction of sp³-hybridized carbons (Fsp3) is 0.462. The molecular weight excluding hydrogens is 214 g/mol. The summed E-state index contributed by atoms with van der Waals surface area (Å²) >= 11 is 0. The van der Waals surface area contributed by atoms with E-state index in [1.54, 1.807) is 0 Å². The summed E-state index contributed by atoms with van der Waals surface area (Å²) in [7, 11) is 0. The molecule has 2 heterocycles. The third-order valence-electron chi connectivity index (χ3n) is 3.44. The monoisotopic (exact) mass is 231 g/mol. The maximum Gasteiger partial charge on any atom is 0.241 e. The van der Waals surface area contributed by atoms with E-state index in [-0.39, 0.29) is 5.60 Å². The summed E-state index contributed by atoms with van der Waals surface area (Å²) in [4.78, 5) is 0. The lowest BCUT2D eigenvalue weighted by molar-refractivity contribution is 0.0523. The second kappa shape index (κ2) is 4.04. The van der Waals surface area contributed by atoms with Gasteiger partial charge >= 0.3 is 0 Å². The number of aromatic amines is 1. The van der Waals surface area contributed by atoms with E-state index in [0.29, 0.717) is 0 Å². The standard InChI is InChI=1S/C13H17N3O/c1-13(6-8-14-9-7-13)17-12-10-4-2-3-5-11(10)15-16-12/h2-5,14H,6-9H2,1H3,(H,15,16). The van der Waals surface area contributed by atoms with E-state index in [1.807, 2.05) is 24.3 Å². The second-order valence-electron chi connectivity index (χ2n) is 4.88. The van der Waals surface area contributed by atoms with Crippen LogP contribution >= 0.6 is 0 Å². The first-order valence-corrected chi connectivity index (χ1v) is 6.10. The smallest absolute Gasteiger partial charge is 0.241 e. The second-order valence-corrected chi connectivity index (χ2v) is 4.88. The molecule has 0 bridgehead atoms. The van der Waals surface area contributed by atoms with Crippen molar-refractivity contribution in [2.24, 2.45) is 0 Å².